The summed E-state index contributed by atoms with van der Waals surface area (Å²) in [6, 6.07) is 29.6. The fourth-order valence-electron chi connectivity index (χ4n) is 4.27. The summed E-state index contributed by atoms with van der Waals surface area (Å²) in [4.78, 5) is 16.5. The van der Waals surface area contributed by atoms with Crippen molar-refractivity contribution in [2.75, 3.05) is 6.61 Å². The van der Waals surface area contributed by atoms with Crippen molar-refractivity contribution in [3.8, 4) is 44.3 Å². The lowest BCUT2D eigenvalue weighted by atomic mass is 10.0. The number of rotatable bonds is 10. The van der Waals surface area contributed by atoms with E-state index in [0.29, 0.717) is 16.5 Å². The lowest BCUT2D eigenvalue weighted by Gasteiger charge is -2.11. The van der Waals surface area contributed by atoms with Crippen LogP contribution in [-0.4, -0.2) is 22.7 Å². The van der Waals surface area contributed by atoms with E-state index in [0.717, 1.165) is 38.4 Å². The van der Waals surface area contributed by atoms with Crippen LogP contribution in [0.5, 0.6) is 11.5 Å². The number of carbonyl (C=O) groups is 1. The fraction of sp³-hybridized carbons (Fsp3) is 0.125. The summed E-state index contributed by atoms with van der Waals surface area (Å²) in [5, 5.41) is 9.56. The first-order valence-corrected chi connectivity index (χ1v) is 14.1. The molecule has 0 radical (unpaired) electrons. The van der Waals surface area contributed by atoms with Crippen LogP contribution in [0.25, 0.3) is 32.8 Å². The predicted molar refractivity (Wildman–Crippen MR) is 161 cm³/mol. The molecule has 0 aliphatic carbocycles. The topological polar surface area (TPSA) is 68.7 Å². The largest absolute Gasteiger partial charge is 0.486 e. The Hall–Kier alpha value is -4.13. The first-order chi connectivity index (χ1) is 19.7. The van der Waals surface area contributed by atoms with Crippen molar-refractivity contribution in [3.05, 3.63) is 113 Å². The number of aliphatic carboxylic acids is 1. The van der Waals surface area contributed by atoms with Crippen molar-refractivity contribution in [2.24, 2.45) is 0 Å². The van der Waals surface area contributed by atoms with Gasteiger partial charge in [0.2, 0.25) is 0 Å². The third-order valence-corrected chi connectivity index (χ3v) is 7.74. The first-order valence-electron chi connectivity index (χ1n) is 12.7. The average Bonchev–Trinajstić information content (AvgIpc) is 3.40. The van der Waals surface area contributed by atoms with E-state index in [2.05, 4.69) is 12.1 Å². The second-order valence-corrected chi connectivity index (χ2v) is 11.1. The summed E-state index contributed by atoms with van der Waals surface area (Å²) in [5.41, 5.74) is 2.26. The molecule has 5 aromatic rings. The number of carboxylic acid groups (broad SMARTS) is 1. The monoisotopic (exact) mass is 589 g/mol. The summed E-state index contributed by atoms with van der Waals surface area (Å²) in [5.74, 6) is 0.00601. The molecule has 1 unspecified atom stereocenters. The molecule has 1 aromatic heterocycles. The number of thiazole rings is 1. The Morgan fingerprint density at radius 2 is 1.51 bits per heavy atom. The van der Waals surface area contributed by atoms with Gasteiger partial charge in [0.05, 0.1) is 10.6 Å². The van der Waals surface area contributed by atoms with Gasteiger partial charge in [-0.15, -0.1) is 11.3 Å². The van der Waals surface area contributed by atoms with Crippen molar-refractivity contribution >= 4 is 26.5 Å². The second kappa shape index (κ2) is 12.2. The van der Waals surface area contributed by atoms with Crippen LogP contribution in [0.4, 0.5) is 8.78 Å². The van der Waals surface area contributed by atoms with E-state index in [4.69, 9.17) is 19.6 Å². The van der Waals surface area contributed by atoms with Gasteiger partial charge < -0.3 is 14.6 Å². The number of halogens is 2. The summed E-state index contributed by atoms with van der Waals surface area (Å²) >= 11 is 1.44. The molecule has 0 spiro atoms. The Labute approximate surface area is 242 Å². The fourth-order valence-corrected chi connectivity index (χ4v) is 5.47. The summed E-state index contributed by atoms with van der Waals surface area (Å²) in [6.45, 7) is 1.58. The van der Waals surface area contributed by atoms with Gasteiger partial charge in [-0.05, 0) is 47.4 Å². The SMILES string of the molecule is Cc1cc(OCc2nc(-c3ccc(-c4ccccc4)cc3)c(-c3ccc(C(F)(F)P)cc3)s2)ccc1OCC(=O)O. The highest BCUT2D eigenvalue weighted by atomic mass is 32.1. The summed E-state index contributed by atoms with van der Waals surface area (Å²) in [7, 11) is 1.57. The van der Waals surface area contributed by atoms with Crippen LogP contribution in [0.2, 0.25) is 0 Å². The number of hydrogen-bond donors (Lipinski definition) is 1. The molecule has 1 heterocycles. The zero-order valence-electron chi connectivity index (χ0n) is 22.0. The van der Waals surface area contributed by atoms with Crippen LogP contribution in [-0.2, 0) is 17.1 Å². The van der Waals surface area contributed by atoms with Gasteiger partial charge in [-0.3, -0.25) is 0 Å². The van der Waals surface area contributed by atoms with Gasteiger partial charge in [0, 0.05) is 11.1 Å². The molecular weight excluding hydrogens is 563 g/mol. The van der Waals surface area contributed by atoms with Gasteiger partial charge in [0.15, 0.2) is 6.61 Å². The smallest absolute Gasteiger partial charge is 0.341 e. The number of ether oxygens (including phenoxy) is 2. The number of carboxylic acids is 1. The maximum Gasteiger partial charge on any atom is 0.341 e. The van der Waals surface area contributed by atoms with Crippen LogP contribution in [0.15, 0.2) is 97.1 Å². The van der Waals surface area contributed by atoms with E-state index >= 15 is 0 Å². The second-order valence-electron chi connectivity index (χ2n) is 9.33. The van der Waals surface area contributed by atoms with E-state index in [9.17, 15) is 13.6 Å². The first kappa shape index (κ1) is 28.4. The minimum Gasteiger partial charge on any atom is -0.486 e. The number of benzene rings is 4. The lowest BCUT2D eigenvalue weighted by molar-refractivity contribution is -0.139. The van der Waals surface area contributed by atoms with E-state index in [1.165, 1.54) is 23.5 Å². The highest BCUT2D eigenvalue weighted by molar-refractivity contribution is 7.17. The molecule has 0 saturated carbocycles. The third-order valence-electron chi connectivity index (χ3n) is 6.33. The average molecular weight is 590 g/mol. The maximum absolute atomic E-state index is 13.8. The number of hydrogen-bond acceptors (Lipinski definition) is 5. The Balaban J connectivity index is 1.43. The minimum atomic E-state index is -3.01. The molecule has 1 N–H and O–H groups in total. The number of aryl methyl sites for hydroxylation is 1. The molecule has 0 bridgehead atoms. The van der Waals surface area contributed by atoms with Gasteiger partial charge in [0.1, 0.15) is 23.1 Å². The van der Waals surface area contributed by atoms with Gasteiger partial charge in [-0.1, -0.05) is 88.1 Å². The molecule has 0 saturated heterocycles. The maximum atomic E-state index is 13.8. The zero-order chi connectivity index (χ0) is 29.0. The van der Waals surface area contributed by atoms with E-state index in [-0.39, 0.29) is 12.2 Å². The molecule has 0 aliphatic heterocycles. The Kier molecular flexibility index (Phi) is 8.43. The number of nitrogens with zero attached hydrogens (tertiary/aromatic N) is 1. The minimum absolute atomic E-state index is 0.0840. The summed E-state index contributed by atoms with van der Waals surface area (Å²) < 4.78 is 38.9. The van der Waals surface area contributed by atoms with Crippen molar-refractivity contribution in [1.29, 1.82) is 0 Å². The van der Waals surface area contributed by atoms with Crippen LogP contribution in [0.1, 0.15) is 16.1 Å². The van der Waals surface area contributed by atoms with Crippen molar-refractivity contribution < 1.29 is 28.2 Å². The van der Waals surface area contributed by atoms with Crippen molar-refractivity contribution in [1.82, 2.24) is 4.98 Å². The predicted octanol–water partition coefficient (Wildman–Crippen LogP) is 8.42. The molecule has 0 fully saturated rings. The van der Waals surface area contributed by atoms with E-state index in [1.807, 2.05) is 49.4 Å². The molecule has 0 aliphatic rings. The number of aromatic nitrogens is 1. The molecular formula is C32H26F2NO4PS. The number of alkyl halides is 2. The lowest BCUT2D eigenvalue weighted by Crippen LogP contribution is -2.10. The van der Waals surface area contributed by atoms with Gasteiger partial charge in [-0.2, -0.15) is 8.78 Å². The molecule has 5 nitrogen and oxygen atoms in total. The normalized spacial score (nSPS) is 11.3. The molecule has 208 valence electrons. The Bertz CT molecular complexity index is 1650. The molecule has 41 heavy (non-hydrogen) atoms. The van der Waals surface area contributed by atoms with Gasteiger partial charge in [0.25, 0.3) is 5.66 Å². The van der Waals surface area contributed by atoms with Gasteiger partial charge in [-0.25, -0.2) is 9.78 Å². The van der Waals surface area contributed by atoms with Crippen molar-refractivity contribution in [3.63, 3.8) is 0 Å². The summed E-state index contributed by atoms with van der Waals surface area (Å²) in [6.07, 6.45) is 0. The zero-order valence-corrected chi connectivity index (χ0v) is 24.0. The van der Waals surface area contributed by atoms with Gasteiger partial charge >= 0.3 is 5.97 Å². The molecule has 0 amide bonds. The van der Waals surface area contributed by atoms with E-state index in [1.54, 1.807) is 39.6 Å². The van der Waals surface area contributed by atoms with Crippen molar-refractivity contribution in [2.45, 2.75) is 19.2 Å². The molecule has 4 aromatic carbocycles. The van der Waals surface area contributed by atoms with Crippen LogP contribution < -0.4 is 9.47 Å². The highest BCUT2D eigenvalue weighted by Crippen LogP contribution is 2.40. The molecule has 1 atom stereocenters. The highest BCUT2D eigenvalue weighted by Gasteiger charge is 2.24. The third kappa shape index (κ3) is 6.96. The quantitative estimate of drug-likeness (QED) is 0.166. The standard InChI is InChI=1S/C32H26F2NO4PS/c1-20-17-26(15-16-27(20)39-19-29(36)37)38-18-28-35-30(23-9-7-22(8-10-23)21-5-3-2-4-6-21)31(41-28)24-11-13-25(14-12-24)32(33,34)40/h2-17H,18-19,40H2,1H3,(H,36,37). The van der Waals surface area contributed by atoms with Crippen LogP contribution in [0, 0.1) is 6.92 Å². The molecule has 5 rings (SSSR count). The van der Waals surface area contributed by atoms with Crippen LogP contribution in [0.3, 0.4) is 0 Å². The molecule has 9 heteroatoms. The Morgan fingerprint density at radius 1 is 0.878 bits per heavy atom. The van der Waals surface area contributed by atoms with Crippen LogP contribution >= 0.6 is 20.6 Å². The van der Waals surface area contributed by atoms with E-state index < -0.39 is 18.2 Å². The Morgan fingerprint density at radius 3 is 2.15 bits per heavy atom.